The van der Waals surface area contributed by atoms with Gasteiger partial charge in [-0.05, 0) is 45.4 Å². The molecule has 0 spiro atoms. The summed E-state index contributed by atoms with van der Waals surface area (Å²) in [6, 6.07) is -0.232. The summed E-state index contributed by atoms with van der Waals surface area (Å²) in [5.74, 6) is 0. The first-order valence-electron chi connectivity index (χ1n) is 6.70. The molecule has 0 bridgehead atoms. The maximum absolute atomic E-state index is 10.2. The van der Waals surface area contributed by atoms with Crippen molar-refractivity contribution in [3.63, 3.8) is 0 Å². The average Bonchev–Trinajstić information content (AvgIpc) is 2.81. The molecule has 3 heteroatoms. The van der Waals surface area contributed by atoms with Crippen molar-refractivity contribution < 1.29 is 5.11 Å². The Balaban J connectivity index is 2.54. The lowest BCUT2D eigenvalue weighted by Crippen LogP contribution is -2.44. The van der Waals surface area contributed by atoms with Crippen LogP contribution in [0.3, 0.4) is 0 Å². The molecule has 18 heavy (non-hydrogen) atoms. The molecule has 0 aromatic heterocycles. The lowest BCUT2D eigenvalue weighted by molar-refractivity contribution is 0.157. The molecule has 1 saturated heterocycles. The highest BCUT2D eigenvalue weighted by atomic mass is 16.3. The fourth-order valence-corrected chi connectivity index (χ4v) is 2.21. The van der Waals surface area contributed by atoms with E-state index in [-0.39, 0.29) is 6.04 Å². The van der Waals surface area contributed by atoms with Gasteiger partial charge in [-0.3, -0.25) is 0 Å². The minimum atomic E-state index is -0.605. The Kier molecular flexibility index (Phi) is 6.33. The number of aliphatic hydroxyl groups is 1. The van der Waals surface area contributed by atoms with Gasteiger partial charge in [-0.25, -0.2) is 0 Å². The molecule has 3 N–H and O–H groups in total. The Morgan fingerprint density at radius 1 is 1.39 bits per heavy atom. The third kappa shape index (κ3) is 4.77. The second-order valence-corrected chi connectivity index (χ2v) is 5.08. The van der Waals surface area contributed by atoms with Gasteiger partial charge in [-0.2, -0.15) is 0 Å². The molecule has 1 fully saturated rings. The van der Waals surface area contributed by atoms with Crippen LogP contribution in [0.1, 0.15) is 26.7 Å². The van der Waals surface area contributed by atoms with Gasteiger partial charge in [0.05, 0.1) is 6.10 Å². The topological polar surface area (TPSA) is 49.5 Å². The molecule has 1 aliphatic heterocycles. The van der Waals surface area contributed by atoms with Crippen LogP contribution in [0.15, 0.2) is 36.0 Å². The SMILES string of the molecule is C=C(C)/C=C\C(=C/C)[C@@H](O)[C@H](N)CN1CCCC1. The van der Waals surface area contributed by atoms with Crippen molar-refractivity contribution in [3.8, 4) is 0 Å². The first-order chi connectivity index (χ1) is 8.54. The Bertz CT molecular complexity index is 327. The first-order valence-corrected chi connectivity index (χ1v) is 6.70. The molecule has 0 saturated carbocycles. The Morgan fingerprint density at radius 2 is 2.00 bits per heavy atom. The summed E-state index contributed by atoms with van der Waals surface area (Å²) in [5, 5.41) is 10.2. The second-order valence-electron chi connectivity index (χ2n) is 5.08. The Labute approximate surface area is 111 Å². The van der Waals surface area contributed by atoms with Gasteiger partial charge in [-0.15, -0.1) is 0 Å². The zero-order valence-electron chi connectivity index (χ0n) is 11.6. The quantitative estimate of drug-likeness (QED) is 0.707. The molecule has 3 nitrogen and oxygen atoms in total. The minimum absolute atomic E-state index is 0.232. The van der Waals surface area contributed by atoms with E-state index in [0.717, 1.165) is 30.8 Å². The van der Waals surface area contributed by atoms with Crippen molar-refractivity contribution in [2.45, 2.75) is 38.8 Å². The van der Waals surface area contributed by atoms with E-state index in [1.54, 1.807) is 0 Å². The molecule has 1 rings (SSSR count). The van der Waals surface area contributed by atoms with Crippen LogP contribution in [0.4, 0.5) is 0 Å². The van der Waals surface area contributed by atoms with E-state index in [1.807, 2.05) is 32.1 Å². The molecule has 0 aromatic carbocycles. The monoisotopic (exact) mass is 250 g/mol. The van der Waals surface area contributed by atoms with Gasteiger partial charge in [0.25, 0.3) is 0 Å². The molecule has 2 atom stereocenters. The van der Waals surface area contributed by atoms with Gasteiger partial charge in [0, 0.05) is 12.6 Å². The van der Waals surface area contributed by atoms with E-state index in [2.05, 4.69) is 11.5 Å². The summed E-state index contributed by atoms with van der Waals surface area (Å²) in [5.41, 5.74) is 7.92. The van der Waals surface area contributed by atoms with Gasteiger partial charge in [0.2, 0.25) is 0 Å². The standard InChI is InChI=1S/C15H26N2O/c1-4-13(8-7-12(2)3)15(18)14(16)11-17-9-5-6-10-17/h4,7-8,14-15,18H,2,5-6,9-11,16H2,1,3H3/b8-7-,13-4+/t14-,15-/m1/s1. The molecule has 0 radical (unpaired) electrons. The summed E-state index contributed by atoms with van der Waals surface area (Å²) >= 11 is 0. The predicted octanol–water partition coefficient (Wildman–Crippen LogP) is 1.85. The van der Waals surface area contributed by atoms with Gasteiger partial charge >= 0.3 is 0 Å². The maximum atomic E-state index is 10.2. The molecule has 0 amide bonds. The van der Waals surface area contributed by atoms with Crippen molar-refractivity contribution in [1.82, 2.24) is 4.90 Å². The number of allylic oxidation sites excluding steroid dienone is 3. The fraction of sp³-hybridized carbons (Fsp3) is 0.600. The number of nitrogens with zero attached hydrogens (tertiary/aromatic N) is 1. The summed E-state index contributed by atoms with van der Waals surface area (Å²) in [6.07, 6.45) is 7.60. The number of rotatable bonds is 6. The average molecular weight is 250 g/mol. The van der Waals surface area contributed by atoms with Crippen molar-refractivity contribution in [2.24, 2.45) is 5.73 Å². The van der Waals surface area contributed by atoms with E-state index >= 15 is 0 Å². The molecule has 0 unspecified atom stereocenters. The van der Waals surface area contributed by atoms with Crippen LogP contribution in [0.5, 0.6) is 0 Å². The number of aliphatic hydroxyl groups excluding tert-OH is 1. The smallest absolute Gasteiger partial charge is 0.0950 e. The largest absolute Gasteiger partial charge is 0.387 e. The van der Waals surface area contributed by atoms with E-state index in [1.165, 1.54) is 12.8 Å². The summed E-state index contributed by atoms with van der Waals surface area (Å²) in [7, 11) is 0. The zero-order valence-corrected chi connectivity index (χ0v) is 11.6. The second kappa shape index (κ2) is 7.52. The number of nitrogens with two attached hydrogens (primary N) is 1. The highest BCUT2D eigenvalue weighted by Gasteiger charge is 2.21. The van der Waals surface area contributed by atoms with Crippen LogP contribution in [0.2, 0.25) is 0 Å². The molecule has 102 valence electrons. The highest BCUT2D eigenvalue weighted by Crippen LogP contribution is 2.13. The molecular weight excluding hydrogens is 224 g/mol. The van der Waals surface area contributed by atoms with Gasteiger partial charge in [0.15, 0.2) is 0 Å². The van der Waals surface area contributed by atoms with Crippen LogP contribution in [0.25, 0.3) is 0 Å². The summed E-state index contributed by atoms with van der Waals surface area (Å²) in [6.45, 7) is 10.6. The van der Waals surface area contributed by atoms with Crippen LogP contribution >= 0.6 is 0 Å². The molecule has 0 aromatic rings. The lowest BCUT2D eigenvalue weighted by atomic mass is 10.0. The first kappa shape index (κ1) is 15.2. The lowest BCUT2D eigenvalue weighted by Gasteiger charge is -2.25. The van der Waals surface area contributed by atoms with Crippen molar-refractivity contribution >= 4 is 0 Å². The third-order valence-corrected chi connectivity index (χ3v) is 3.31. The zero-order chi connectivity index (χ0) is 13.5. The van der Waals surface area contributed by atoms with Crippen LogP contribution in [-0.2, 0) is 0 Å². The van der Waals surface area contributed by atoms with Crippen molar-refractivity contribution in [2.75, 3.05) is 19.6 Å². The van der Waals surface area contributed by atoms with E-state index in [4.69, 9.17) is 5.73 Å². The third-order valence-electron chi connectivity index (χ3n) is 3.31. The predicted molar refractivity (Wildman–Crippen MR) is 77.4 cm³/mol. The van der Waals surface area contributed by atoms with Gasteiger partial charge in [-0.1, -0.05) is 30.4 Å². The van der Waals surface area contributed by atoms with Crippen LogP contribution in [-0.4, -0.2) is 41.8 Å². The van der Waals surface area contributed by atoms with Crippen LogP contribution < -0.4 is 5.73 Å². The number of hydrogen-bond donors (Lipinski definition) is 2. The van der Waals surface area contributed by atoms with Crippen LogP contribution in [0, 0.1) is 0 Å². The summed E-state index contributed by atoms with van der Waals surface area (Å²) in [4.78, 5) is 2.32. The molecular formula is C15H26N2O. The van der Waals surface area contributed by atoms with Crippen molar-refractivity contribution in [1.29, 1.82) is 0 Å². The molecule has 0 aliphatic carbocycles. The van der Waals surface area contributed by atoms with E-state index in [9.17, 15) is 5.11 Å². The van der Waals surface area contributed by atoms with Gasteiger partial charge in [0.1, 0.15) is 0 Å². The Morgan fingerprint density at radius 3 is 2.50 bits per heavy atom. The maximum Gasteiger partial charge on any atom is 0.0950 e. The normalized spacial score (nSPS) is 21.4. The summed E-state index contributed by atoms with van der Waals surface area (Å²) < 4.78 is 0. The molecule has 1 heterocycles. The highest BCUT2D eigenvalue weighted by molar-refractivity contribution is 5.29. The molecule has 1 aliphatic rings. The fourth-order valence-electron chi connectivity index (χ4n) is 2.21. The minimum Gasteiger partial charge on any atom is -0.387 e. The van der Waals surface area contributed by atoms with E-state index in [0.29, 0.717) is 0 Å². The van der Waals surface area contributed by atoms with E-state index < -0.39 is 6.10 Å². The Hall–Kier alpha value is -0.900. The van der Waals surface area contributed by atoms with Crippen molar-refractivity contribution in [3.05, 3.63) is 36.0 Å². The van der Waals surface area contributed by atoms with Gasteiger partial charge < -0.3 is 15.7 Å². The number of hydrogen-bond acceptors (Lipinski definition) is 3. The number of likely N-dealkylation sites (tertiary alicyclic amines) is 1.